The summed E-state index contributed by atoms with van der Waals surface area (Å²) >= 11 is 0. The number of benzene rings is 2. The van der Waals surface area contributed by atoms with Crippen LogP contribution in [0.25, 0.3) is 11.1 Å². The molecule has 0 N–H and O–H groups in total. The molecule has 1 aliphatic rings. The minimum absolute atomic E-state index is 0.0991. The first kappa shape index (κ1) is 27.9. The van der Waals surface area contributed by atoms with Gasteiger partial charge in [0.15, 0.2) is 6.29 Å². The van der Waals surface area contributed by atoms with Crippen molar-refractivity contribution in [2.45, 2.75) is 110 Å². The van der Waals surface area contributed by atoms with Gasteiger partial charge in [0.25, 0.3) is 0 Å². The summed E-state index contributed by atoms with van der Waals surface area (Å²) in [5.41, 5.74) is 3.97. The molecular weight excluding hydrogens is 435 g/mol. The van der Waals surface area contributed by atoms with Crippen LogP contribution in [0.3, 0.4) is 0 Å². The average Bonchev–Trinajstić information content (AvgIpc) is 2.88. The second kappa shape index (κ2) is 16.1. The second-order valence-electron chi connectivity index (χ2n) is 10.4. The summed E-state index contributed by atoms with van der Waals surface area (Å²) in [6, 6.07) is 14.0. The van der Waals surface area contributed by atoms with Gasteiger partial charge in [-0.05, 0) is 48.4 Å². The van der Waals surface area contributed by atoms with Gasteiger partial charge in [0.05, 0.1) is 13.2 Å². The van der Waals surface area contributed by atoms with Crippen LogP contribution >= 0.6 is 0 Å². The van der Waals surface area contributed by atoms with E-state index in [0.717, 1.165) is 50.0 Å². The number of hydrogen-bond acceptors (Lipinski definition) is 2. The topological polar surface area (TPSA) is 18.5 Å². The van der Waals surface area contributed by atoms with E-state index in [-0.39, 0.29) is 12.1 Å². The molecule has 0 amide bonds. The van der Waals surface area contributed by atoms with E-state index in [1.165, 1.54) is 69.8 Å². The zero-order valence-corrected chi connectivity index (χ0v) is 22.2. The summed E-state index contributed by atoms with van der Waals surface area (Å²) in [7, 11) is 0. The van der Waals surface area contributed by atoms with E-state index in [1.807, 2.05) is 18.2 Å². The molecular formula is C32H47FO2. The van der Waals surface area contributed by atoms with Crippen molar-refractivity contribution < 1.29 is 13.9 Å². The molecule has 0 saturated carbocycles. The average molecular weight is 483 g/mol. The van der Waals surface area contributed by atoms with Gasteiger partial charge in [-0.2, -0.15) is 0 Å². The summed E-state index contributed by atoms with van der Waals surface area (Å²) in [5.74, 6) is 0.433. The molecule has 1 saturated heterocycles. The van der Waals surface area contributed by atoms with Crippen LogP contribution in [0.15, 0.2) is 42.5 Å². The molecule has 2 nitrogen and oxygen atoms in total. The zero-order valence-electron chi connectivity index (χ0n) is 22.2. The molecule has 1 aliphatic heterocycles. The summed E-state index contributed by atoms with van der Waals surface area (Å²) in [5, 5.41) is 0. The lowest BCUT2D eigenvalue weighted by Gasteiger charge is -2.29. The fraction of sp³-hybridized carbons (Fsp3) is 0.625. The summed E-state index contributed by atoms with van der Waals surface area (Å²) in [6.07, 6.45) is 16.7. The van der Waals surface area contributed by atoms with Crippen LogP contribution in [0.5, 0.6) is 0 Å². The molecule has 35 heavy (non-hydrogen) atoms. The number of halogens is 1. The van der Waals surface area contributed by atoms with E-state index in [2.05, 4.69) is 32.0 Å². The fourth-order valence-corrected chi connectivity index (χ4v) is 4.97. The number of aryl methyl sites for hydroxylation is 2. The van der Waals surface area contributed by atoms with Gasteiger partial charge in [-0.3, -0.25) is 0 Å². The van der Waals surface area contributed by atoms with E-state index in [1.54, 1.807) is 6.07 Å². The maximum absolute atomic E-state index is 14.8. The predicted molar refractivity (Wildman–Crippen MR) is 145 cm³/mol. The van der Waals surface area contributed by atoms with Crippen molar-refractivity contribution in [2.75, 3.05) is 13.2 Å². The molecule has 2 aromatic rings. The van der Waals surface area contributed by atoms with Crippen LogP contribution in [0.4, 0.5) is 4.39 Å². The summed E-state index contributed by atoms with van der Waals surface area (Å²) in [6.45, 7) is 6.13. The lowest BCUT2D eigenvalue weighted by Crippen LogP contribution is -2.32. The Morgan fingerprint density at radius 2 is 1.31 bits per heavy atom. The van der Waals surface area contributed by atoms with Crippen molar-refractivity contribution in [3.8, 4) is 11.1 Å². The van der Waals surface area contributed by atoms with E-state index < -0.39 is 0 Å². The quantitative estimate of drug-likeness (QED) is 0.222. The SMILES string of the molecule is CCCCCCCc1ccc(-c2ccc(CCC3OCC(CCCCCCC)CO3)cc2)c(F)c1. The maximum Gasteiger partial charge on any atom is 0.157 e. The molecule has 3 heteroatoms. The Labute approximate surface area is 213 Å². The number of rotatable bonds is 16. The highest BCUT2D eigenvalue weighted by molar-refractivity contribution is 5.64. The van der Waals surface area contributed by atoms with Crippen LogP contribution in [0, 0.1) is 11.7 Å². The largest absolute Gasteiger partial charge is 0.352 e. The molecule has 0 radical (unpaired) electrons. The van der Waals surface area contributed by atoms with Gasteiger partial charge in [-0.1, -0.05) is 108 Å². The summed E-state index contributed by atoms with van der Waals surface area (Å²) in [4.78, 5) is 0. The highest BCUT2D eigenvalue weighted by Crippen LogP contribution is 2.26. The van der Waals surface area contributed by atoms with Crippen molar-refractivity contribution >= 4 is 0 Å². The number of hydrogen-bond donors (Lipinski definition) is 0. The van der Waals surface area contributed by atoms with Crippen molar-refractivity contribution in [1.29, 1.82) is 0 Å². The van der Waals surface area contributed by atoms with Gasteiger partial charge >= 0.3 is 0 Å². The molecule has 0 spiro atoms. The van der Waals surface area contributed by atoms with Crippen molar-refractivity contribution in [1.82, 2.24) is 0 Å². The monoisotopic (exact) mass is 482 g/mol. The molecule has 0 atom stereocenters. The molecule has 1 heterocycles. The third-order valence-corrected chi connectivity index (χ3v) is 7.29. The Balaban J connectivity index is 1.38. The lowest BCUT2D eigenvalue weighted by molar-refractivity contribution is -0.203. The molecule has 3 rings (SSSR count). The molecule has 0 aromatic heterocycles. The zero-order chi connectivity index (χ0) is 24.7. The van der Waals surface area contributed by atoms with E-state index in [9.17, 15) is 4.39 Å². The van der Waals surface area contributed by atoms with Crippen LogP contribution in [-0.2, 0) is 22.3 Å². The Kier molecular flexibility index (Phi) is 12.8. The summed E-state index contributed by atoms with van der Waals surface area (Å²) < 4.78 is 26.8. The fourth-order valence-electron chi connectivity index (χ4n) is 4.97. The van der Waals surface area contributed by atoms with Gasteiger partial charge in [-0.25, -0.2) is 4.39 Å². The Hall–Kier alpha value is -1.71. The van der Waals surface area contributed by atoms with Crippen molar-refractivity contribution in [3.05, 3.63) is 59.4 Å². The Bertz CT molecular complexity index is 824. The smallest absolute Gasteiger partial charge is 0.157 e. The van der Waals surface area contributed by atoms with E-state index >= 15 is 0 Å². The number of unbranched alkanes of at least 4 members (excludes halogenated alkanes) is 8. The second-order valence-corrected chi connectivity index (χ2v) is 10.4. The molecule has 0 bridgehead atoms. The first-order valence-electron chi connectivity index (χ1n) is 14.3. The third kappa shape index (κ3) is 10.1. The van der Waals surface area contributed by atoms with Crippen LogP contribution in [0.1, 0.15) is 102 Å². The highest BCUT2D eigenvalue weighted by Gasteiger charge is 2.21. The van der Waals surface area contributed by atoms with E-state index in [0.29, 0.717) is 11.5 Å². The Morgan fingerprint density at radius 1 is 0.686 bits per heavy atom. The van der Waals surface area contributed by atoms with Crippen molar-refractivity contribution in [2.24, 2.45) is 5.92 Å². The van der Waals surface area contributed by atoms with Gasteiger partial charge in [0.2, 0.25) is 0 Å². The minimum Gasteiger partial charge on any atom is -0.352 e. The molecule has 1 fully saturated rings. The molecule has 2 aromatic carbocycles. The van der Waals surface area contributed by atoms with Gasteiger partial charge < -0.3 is 9.47 Å². The molecule has 0 unspecified atom stereocenters. The molecule has 0 aliphatic carbocycles. The van der Waals surface area contributed by atoms with Crippen LogP contribution < -0.4 is 0 Å². The standard InChI is InChI=1S/C32H47FO2/c1-3-5-7-9-11-13-27-17-21-30(31(33)23-27)29-19-15-26(16-20-29)18-22-32-34-24-28(25-35-32)14-12-10-8-6-4-2/h15-17,19-21,23,28,32H,3-14,18,22,24-25H2,1-2H3. The van der Waals surface area contributed by atoms with Gasteiger partial charge in [0, 0.05) is 17.9 Å². The third-order valence-electron chi connectivity index (χ3n) is 7.29. The number of ether oxygens (including phenoxy) is 2. The van der Waals surface area contributed by atoms with Crippen molar-refractivity contribution in [3.63, 3.8) is 0 Å². The van der Waals surface area contributed by atoms with Gasteiger partial charge in [-0.15, -0.1) is 0 Å². The lowest BCUT2D eigenvalue weighted by atomic mass is 9.98. The minimum atomic E-state index is -0.118. The van der Waals surface area contributed by atoms with Crippen LogP contribution in [-0.4, -0.2) is 19.5 Å². The van der Waals surface area contributed by atoms with E-state index in [4.69, 9.17) is 9.47 Å². The van der Waals surface area contributed by atoms with Crippen LogP contribution in [0.2, 0.25) is 0 Å². The normalized spacial score (nSPS) is 18.1. The first-order valence-corrected chi connectivity index (χ1v) is 14.3. The Morgan fingerprint density at radius 3 is 1.97 bits per heavy atom. The van der Waals surface area contributed by atoms with Gasteiger partial charge in [0.1, 0.15) is 5.82 Å². The highest BCUT2D eigenvalue weighted by atomic mass is 19.1. The first-order chi connectivity index (χ1) is 17.2. The predicted octanol–water partition coefficient (Wildman–Crippen LogP) is 9.29. The molecule has 194 valence electrons. The maximum atomic E-state index is 14.8.